The van der Waals surface area contributed by atoms with E-state index in [-0.39, 0.29) is 16.9 Å². The van der Waals surface area contributed by atoms with Crippen molar-refractivity contribution >= 4 is 11.2 Å². The van der Waals surface area contributed by atoms with Crippen LogP contribution in [-0.4, -0.2) is 35.8 Å². The van der Waals surface area contributed by atoms with E-state index in [1.807, 2.05) is 35.9 Å². The molecule has 0 bridgehead atoms. The number of ether oxygens (including phenoxy) is 1. The minimum atomic E-state index is -0.642. The van der Waals surface area contributed by atoms with Crippen LogP contribution in [0, 0.1) is 12.7 Å². The van der Waals surface area contributed by atoms with Crippen molar-refractivity contribution in [1.29, 1.82) is 0 Å². The molecule has 33 heavy (non-hydrogen) atoms. The van der Waals surface area contributed by atoms with Gasteiger partial charge in [-0.3, -0.25) is 9.78 Å². The predicted molar refractivity (Wildman–Crippen MR) is 121 cm³/mol. The van der Waals surface area contributed by atoms with Gasteiger partial charge in [-0.25, -0.2) is 23.7 Å². The first kappa shape index (κ1) is 20.4. The molecule has 0 aliphatic carbocycles. The molecular weight excluding hydrogens is 427 g/mol. The van der Waals surface area contributed by atoms with E-state index in [1.54, 1.807) is 25.1 Å². The Morgan fingerprint density at radius 2 is 1.85 bits per heavy atom. The van der Waals surface area contributed by atoms with Gasteiger partial charge in [-0.2, -0.15) is 0 Å². The zero-order valence-corrected chi connectivity index (χ0v) is 18.0. The summed E-state index contributed by atoms with van der Waals surface area (Å²) in [4.78, 5) is 37.3. The molecule has 10 heteroatoms. The SMILES string of the molecule is COc1cc(-c2nc3c(=O)n(-c4ccc(F)cc4)c(=O)[nH]c3n2C)ccc1-n1cnc(C)c1. The fourth-order valence-corrected chi connectivity index (χ4v) is 3.81. The van der Waals surface area contributed by atoms with E-state index in [0.29, 0.717) is 17.1 Å². The summed E-state index contributed by atoms with van der Waals surface area (Å²) in [6.07, 6.45) is 3.58. The fraction of sp³-hybridized carbons (Fsp3) is 0.130. The number of imidazole rings is 2. The molecule has 0 spiro atoms. The molecule has 0 atom stereocenters. The minimum absolute atomic E-state index is 0.0877. The number of nitrogens with one attached hydrogen (secondary N) is 1. The molecule has 0 saturated carbocycles. The van der Waals surface area contributed by atoms with E-state index < -0.39 is 17.1 Å². The number of fused-ring (bicyclic) bond motifs is 1. The van der Waals surface area contributed by atoms with E-state index >= 15 is 0 Å². The number of aromatic nitrogens is 6. The van der Waals surface area contributed by atoms with Gasteiger partial charge in [-0.05, 0) is 49.4 Å². The quantitative estimate of drug-likeness (QED) is 0.458. The number of aryl methyl sites for hydroxylation is 2. The number of hydrogen-bond acceptors (Lipinski definition) is 5. The lowest BCUT2D eigenvalue weighted by Crippen LogP contribution is -2.33. The Morgan fingerprint density at radius 3 is 2.52 bits per heavy atom. The van der Waals surface area contributed by atoms with Gasteiger partial charge in [-0.15, -0.1) is 0 Å². The second-order valence-electron chi connectivity index (χ2n) is 7.55. The van der Waals surface area contributed by atoms with Gasteiger partial charge in [0.05, 0.1) is 30.5 Å². The zero-order chi connectivity index (χ0) is 23.3. The zero-order valence-electron chi connectivity index (χ0n) is 18.0. The van der Waals surface area contributed by atoms with Crippen LogP contribution >= 0.6 is 0 Å². The third kappa shape index (κ3) is 3.32. The highest BCUT2D eigenvalue weighted by molar-refractivity contribution is 5.77. The summed E-state index contributed by atoms with van der Waals surface area (Å²) in [6, 6.07) is 10.6. The lowest BCUT2D eigenvalue weighted by Gasteiger charge is -2.11. The van der Waals surface area contributed by atoms with Crippen molar-refractivity contribution in [2.24, 2.45) is 7.05 Å². The summed E-state index contributed by atoms with van der Waals surface area (Å²) in [7, 11) is 3.28. The van der Waals surface area contributed by atoms with Crippen LogP contribution in [0.3, 0.4) is 0 Å². The number of rotatable bonds is 4. The summed E-state index contributed by atoms with van der Waals surface area (Å²) < 4.78 is 23.3. The van der Waals surface area contributed by atoms with Crippen molar-refractivity contribution < 1.29 is 9.13 Å². The van der Waals surface area contributed by atoms with Crippen LogP contribution in [-0.2, 0) is 7.05 Å². The summed E-state index contributed by atoms with van der Waals surface area (Å²) >= 11 is 0. The van der Waals surface area contributed by atoms with Gasteiger partial charge in [-0.1, -0.05) is 0 Å². The normalized spacial score (nSPS) is 11.3. The van der Waals surface area contributed by atoms with Crippen molar-refractivity contribution in [3.8, 4) is 28.5 Å². The number of halogens is 1. The summed E-state index contributed by atoms with van der Waals surface area (Å²) in [5.41, 5.74) is 1.75. The molecule has 0 fully saturated rings. The Kier molecular flexibility index (Phi) is 4.70. The number of aromatic amines is 1. The van der Waals surface area contributed by atoms with Crippen LogP contribution in [0.25, 0.3) is 33.9 Å². The number of hydrogen-bond donors (Lipinski definition) is 1. The van der Waals surface area contributed by atoms with Gasteiger partial charge in [0, 0.05) is 18.8 Å². The minimum Gasteiger partial charge on any atom is -0.495 e. The molecule has 5 rings (SSSR count). The smallest absolute Gasteiger partial charge is 0.334 e. The van der Waals surface area contributed by atoms with Gasteiger partial charge < -0.3 is 13.9 Å². The van der Waals surface area contributed by atoms with Crippen LogP contribution in [0.5, 0.6) is 5.75 Å². The van der Waals surface area contributed by atoms with Crippen molar-refractivity contribution in [2.75, 3.05) is 7.11 Å². The Morgan fingerprint density at radius 1 is 1.09 bits per heavy atom. The van der Waals surface area contributed by atoms with Gasteiger partial charge in [0.1, 0.15) is 23.0 Å². The second-order valence-corrected chi connectivity index (χ2v) is 7.55. The van der Waals surface area contributed by atoms with E-state index in [9.17, 15) is 14.0 Å². The largest absolute Gasteiger partial charge is 0.495 e. The molecule has 0 aliphatic heterocycles. The molecule has 0 amide bonds. The molecule has 5 aromatic rings. The molecule has 0 radical (unpaired) electrons. The highest BCUT2D eigenvalue weighted by Gasteiger charge is 2.19. The molecule has 1 N–H and O–H groups in total. The van der Waals surface area contributed by atoms with Crippen LogP contribution in [0.15, 0.2) is 64.6 Å². The number of nitrogens with zero attached hydrogens (tertiary/aromatic N) is 5. The first-order valence-corrected chi connectivity index (χ1v) is 10.0. The van der Waals surface area contributed by atoms with E-state index in [2.05, 4.69) is 15.0 Å². The van der Waals surface area contributed by atoms with Crippen LogP contribution < -0.4 is 16.0 Å². The monoisotopic (exact) mass is 446 g/mol. The molecule has 0 unspecified atom stereocenters. The van der Waals surface area contributed by atoms with Crippen LogP contribution in [0.2, 0.25) is 0 Å². The molecule has 166 valence electrons. The molecule has 0 saturated heterocycles. The van der Waals surface area contributed by atoms with Crippen molar-refractivity contribution in [2.45, 2.75) is 6.92 Å². The van der Waals surface area contributed by atoms with Gasteiger partial charge >= 0.3 is 5.69 Å². The number of H-pyrrole nitrogens is 1. The van der Waals surface area contributed by atoms with Crippen molar-refractivity contribution in [1.82, 2.24) is 28.7 Å². The maximum atomic E-state index is 13.3. The van der Waals surface area contributed by atoms with Gasteiger partial charge in [0.2, 0.25) is 0 Å². The average molecular weight is 446 g/mol. The van der Waals surface area contributed by atoms with Crippen LogP contribution in [0.1, 0.15) is 5.69 Å². The Bertz CT molecular complexity index is 1630. The first-order valence-electron chi connectivity index (χ1n) is 10.0. The van der Waals surface area contributed by atoms with Gasteiger partial charge in [0.15, 0.2) is 5.52 Å². The summed E-state index contributed by atoms with van der Waals surface area (Å²) in [5, 5.41) is 0. The average Bonchev–Trinajstić information content (AvgIpc) is 3.38. The predicted octanol–water partition coefficient (Wildman–Crippen LogP) is 2.72. The molecule has 2 aromatic carbocycles. The van der Waals surface area contributed by atoms with E-state index in [1.165, 1.54) is 24.3 Å². The maximum absolute atomic E-state index is 13.3. The number of methoxy groups -OCH3 is 1. The fourth-order valence-electron chi connectivity index (χ4n) is 3.81. The standard InChI is InChI=1S/C23H19FN6O3/c1-13-11-29(12-25-13)17-9-4-14(10-18(17)33-3)20-26-19-21(28(20)2)27-23(32)30(22(19)31)16-7-5-15(24)6-8-16/h4-12H,1-3H3,(H,27,32). The molecular formula is C23H19FN6O3. The molecule has 3 aromatic heterocycles. The third-order valence-corrected chi connectivity index (χ3v) is 5.44. The Labute approximate surface area is 186 Å². The lowest BCUT2D eigenvalue weighted by molar-refractivity contribution is 0.413. The lowest BCUT2D eigenvalue weighted by atomic mass is 10.1. The Balaban J connectivity index is 1.67. The third-order valence-electron chi connectivity index (χ3n) is 5.44. The maximum Gasteiger partial charge on any atom is 0.334 e. The first-order chi connectivity index (χ1) is 15.9. The van der Waals surface area contributed by atoms with E-state index in [0.717, 1.165) is 15.9 Å². The summed E-state index contributed by atoms with van der Waals surface area (Å²) in [6.45, 7) is 1.90. The van der Waals surface area contributed by atoms with E-state index in [4.69, 9.17) is 4.74 Å². The second kappa shape index (κ2) is 7.59. The molecule has 9 nitrogen and oxygen atoms in total. The number of benzene rings is 2. The van der Waals surface area contributed by atoms with Gasteiger partial charge in [0.25, 0.3) is 5.56 Å². The van der Waals surface area contributed by atoms with Crippen molar-refractivity contribution in [3.05, 3.63) is 87.3 Å². The topological polar surface area (TPSA) is 99.7 Å². The van der Waals surface area contributed by atoms with Crippen LogP contribution in [0.4, 0.5) is 4.39 Å². The molecule has 0 aliphatic rings. The Hall–Kier alpha value is -4.47. The molecule has 3 heterocycles. The highest BCUT2D eigenvalue weighted by atomic mass is 19.1. The highest BCUT2D eigenvalue weighted by Crippen LogP contribution is 2.30. The summed E-state index contributed by atoms with van der Waals surface area (Å²) in [5.74, 6) is 0.600. The van der Waals surface area contributed by atoms with Crippen molar-refractivity contribution in [3.63, 3.8) is 0 Å².